The van der Waals surface area contributed by atoms with Gasteiger partial charge in [-0.15, -0.1) is 0 Å². The number of hydrogen-bond acceptors (Lipinski definition) is 4. The molecule has 0 spiro atoms. The number of hydrogen-bond donors (Lipinski definition) is 1. The molecule has 1 amide bonds. The predicted molar refractivity (Wildman–Crippen MR) is 83.8 cm³/mol. The van der Waals surface area contributed by atoms with Gasteiger partial charge in [0.2, 0.25) is 5.91 Å². The fourth-order valence-electron chi connectivity index (χ4n) is 1.84. The minimum absolute atomic E-state index is 0.117. The number of rotatable bonds is 9. The number of methoxy groups -OCH3 is 1. The number of benzene rings is 1. The van der Waals surface area contributed by atoms with Crippen LogP contribution in [0, 0.1) is 0 Å². The van der Waals surface area contributed by atoms with E-state index in [0.29, 0.717) is 25.2 Å². The van der Waals surface area contributed by atoms with Crippen LogP contribution in [-0.4, -0.2) is 45.2 Å². The number of carbonyl (C=O) groups is 1. The van der Waals surface area contributed by atoms with E-state index in [-0.39, 0.29) is 5.91 Å². The molecule has 1 aromatic rings. The zero-order valence-corrected chi connectivity index (χ0v) is 13.4. The Labute approximate surface area is 127 Å². The van der Waals surface area contributed by atoms with Crippen molar-refractivity contribution in [2.45, 2.75) is 26.3 Å². The van der Waals surface area contributed by atoms with Crippen LogP contribution in [0.2, 0.25) is 0 Å². The van der Waals surface area contributed by atoms with Gasteiger partial charge >= 0.3 is 0 Å². The van der Waals surface area contributed by atoms with Gasteiger partial charge in [-0.2, -0.15) is 0 Å². The van der Waals surface area contributed by atoms with Crippen LogP contribution in [-0.2, 0) is 11.3 Å². The van der Waals surface area contributed by atoms with Crippen molar-refractivity contribution in [3.63, 3.8) is 0 Å². The highest BCUT2D eigenvalue weighted by Gasteiger charge is 2.07. The molecule has 5 heteroatoms. The summed E-state index contributed by atoms with van der Waals surface area (Å²) in [7, 11) is 5.15. The topological polar surface area (TPSA) is 50.8 Å². The molecule has 0 bridgehead atoms. The molecule has 118 valence electrons. The molecule has 0 aliphatic carbocycles. The smallest absolute Gasteiger partial charge is 0.222 e. The van der Waals surface area contributed by atoms with E-state index in [2.05, 4.69) is 12.2 Å². The van der Waals surface area contributed by atoms with Crippen molar-refractivity contribution in [1.82, 2.24) is 10.2 Å². The Kier molecular flexibility index (Phi) is 7.61. The third kappa shape index (κ3) is 6.04. The summed E-state index contributed by atoms with van der Waals surface area (Å²) < 4.78 is 11.1. The molecule has 21 heavy (non-hydrogen) atoms. The molecule has 0 saturated carbocycles. The van der Waals surface area contributed by atoms with Crippen LogP contribution in [0.15, 0.2) is 18.2 Å². The van der Waals surface area contributed by atoms with Crippen LogP contribution in [0.3, 0.4) is 0 Å². The first-order valence-corrected chi connectivity index (χ1v) is 7.29. The molecule has 0 saturated heterocycles. The zero-order chi connectivity index (χ0) is 15.7. The van der Waals surface area contributed by atoms with Crippen molar-refractivity contribution in [2.75, 3.05) is 34.4 Å². The summed E-state index contributed by atoms with van der Waals surface area (Å²) in [4.78, 5) is 13.1. The number of amides is 1. The van der Waals surface area contributed by atoms with E-state index < -0.39 is 0 Å². The SMILES string of the molecule is CCNCc1ccc(OC)c(OCCCC(=O)N(C)C)c1. The highest BCUT2D eigenvalue weighted by Crippen LogP contribution is 2.28. The van der Waals surface area contributed by atoms with Gasteiger partial charge in [0.1, 0.15) is 0 Å². The van der Waals surface area contributed by atoms with E-state index in [1.165, 1.54) is 0 Å². The summed E-state index contributed by atoms with van der Waals surface area (Å²) in [6, 6.07) is 5.91. The van der Waals surface area contributed by atoms with E-state index in [1.54, 1.807) is 26.1 Å². The van der Waals surface area contributed by atoms with E-state index in [9.17, 15) is 4.79 Å². The minimum atomic E-state index is 0.117. The first-order chi connectivity index (χ1) is 10.1. The first-order valence-electron chi connectivity index (χ1n) is 7.29. The second kappa shape index (κ2) is 9.23. The quantitative estimate of drug-likeness (QED) is 0.708. The van der Waals surface area contributed by atoms with E-state index in [1.807, 2.05) is 18.2 Å². The largest absolute Gasteiger partial charge is 0.493 e. The standard InChI is InChI=1S/C16H26N2O3/c1-5-17-12-13-8-9-14(20-4)15(11-13)21-10-6-7-16(19)18(2)3/h8-9,11,17H,5-7,10,12H2,1-4H3. The molecule has 0 aliphatic rings. The summed E-state index contributed by atoms with van der Waals surface area (Å²) in [6.45, 7) is 4.30. The maximum Gasteiger partial charge on any atom is 0.222 e. The Hall–Kier alpha value is -1.75. The Morgan fingerprint density at radius 2 is 2.05 bits per heavy atom. The maximum atomic E-state index is 11.5. The molecule has 0 radical (unpaired) electrons. The lowest BCUT2D eigenvalue weighted by molar-refractivity contribution is -0.128. The first kappa shape index (κ1) is 17.3. The van der Waals surface area contributed by atoms with Crippen LogP contribution in [0.5, 0.6) is 11.5 Å². The summed E-state index contributed by atoms with van der Waals surface area (Å²) in [5.74, 6) is 1.56. The lowest BCUT2D eigenvalue weighted by Gasteiger charge is -2.13. The zero-order valence-electron chi connectivity index (χ0n) is 13.4. The van der Waals surface area contributed by atoms with Crippen LogP contribution in [0.4, 0.5) is 0 Å². The van der Waals surface area contributed by atoms with Gasteiger partial charge in [-0.1, -0.05) is 13.0 Å². The fraction of sp³-hybridized carbons (Fsp3) is 0.562. The number of ether oxygens (including phenoxy) is 2. The van der Waals surface area contributed by atoms with Gasteiger partial charge in [0.05, 0.1) is 13.7 Å². The average molecular weight is 294 g/mol. The number of carbonyl (C=O) groups excluding carboxylic acids is 1. The molecule has 0 atom stereocenters. The molecule has 0 unspecified atom stereocenters. The molecule has 1 rings (SSSR count). The van der Waals surface area contributed by atoms with Gasteiger partial charge in [0, 0.05) is 27.1 Å². The normalized spacial score (nSPS) is 10.3. The van der Waals surface area contributed by atoms with E-state index in [4.69, 9.17) is 9.47 Å². The molecule has 0 heterocycles. The monoisotopic (exact) mass is 294 g/mol. The lowest BCUT2D eigenvalue weighted by atomic mass is 10.2. The minimum Gasteiger partial charge on any atom is -0.493 e. The van der Waals surface area contributed by atoms with Gasteiger partial charge < -0.3 is 19.7 Å². The molecule has 1 aromatic carbocycles. The lowest BCUT2D eigenvalue weighted by Crippen LogP contribution is -2.21. The third-order valence-corrected chi connectivity index (χ3v) is 3.10. The van der Waals surface area contributed by atoms with Crippen LogP contribution in [0.1, 0.15) is 25.3 Å². The van der Waals surface area contributed by atoms with Crippen molar-refractivity contribution >= 4 is 5.91 Å². The summed E-state index contributed by atoms with van der Waals surface area (Å²) >= 11 is 0. The molecule has 0 fully saturated rings. The van der Waals surface area contributed by atoms with Crippen molar-refractivity contribution in [2.24, 2.45) is 0 Å². The molecule has 0 aromatic heterocycles. The molecular formula is C16H26N2O3. The summed E-state index contributed by atoms with van der Waals surface area (Å²) in [5, 5.41) is 3.28. The van der Waals surface area contributed by atoms with Gasteiger partial charge in [-0.05, 0) is 30.7 Å². The second-order valence-corrected chi connectivity index (χ2v) is 5.01. The number of nitrogens with one attached hydrogen (secondary N) is 1. The maximum absolute atomic E-state index is 11.5. The Bertz CT molecular complexity index is 447. The molecule has 0 aliphatic heterocycles. The predicted octanol–water partition coefficient (Wildman–Crippen LogP) is 2.05. The van der Waals surface area contributed by atoms with Gasteiger partial charge in [-0.25, -0.2) is 0 Å². The summed E-state index contributed by atoms with van der Waals surface area (Å²) in [6.07, 6.45) is 1.18. The molecule has 1 N–H and O–H groups in total. The number of nitrogens with zero attached hydrogens (tertiary/aromatic N) is 1. The van der Waals surface area contributed by atoms with Crippen LogP contribution in [0.25, 0.3) is 0 Å². The van der Waals surface area contributed by atoms with E-state index in [0.717, 1.165) is 24.4 Å². The third-order valence-electron chi connectivity index (χ3n) is 3.10. The fourth-order valence-corrected chi connectivity index (χ4v) is 1.84. The molecular weight excluding hydrogens is 268 g/mol. The van der Waals surface area contributed by atoms with Gasteiger partial charge in [0.15, 0.2) is 11.5 Å². The van der Waals surface area contributed by atoms with E-state index >= 15 is 0 Å². The van der Waals surface area contributed by atoms with Crippen LogP contribution >= 0.6 is 0 Å². The summed E-state index contributed by atoms with van der Waals surface area (Å²) in [5.41, 5.74) is 1.15. The highest BCUT2D eigenvalue weighted by atomic mass is 16.5. The average Bonchev–Trinajstić information content (AvgIpc) is 2.49. The Morgan fingerprint density at radius 3 is 2.67 bits per heavy atom. The van der Waals surface area contributed by atoms with Crippen molar-refractivity contribution in [1.29, 1.82) is 0 Å². The van der Waals surface area contributed by atoms with Crippen molar-refractivity contribution < 1.29 is 14.3 Å². The van der Waals surface area contributed by atoms with Gasteiger partial charge in [-0.3, -0.25) is 4.79 Å². The second-order valence-electron chi connectivity index (χ2n) is 5.01. The van der Waals surface area contributed by atoms with Crippen LogP contribution < -0.4 is 14.8 Å². The van der Waals surface area contributed by atoms with Crippen molar-refractivity contribution in [3.8, 4) is 11.5 Å². The Morgan fingerprint density at radius 1 is 1.29 bits per heavy atom. The van der Waals surface area contributed by atoms with Gasteiger partial charge in [0.25, 0.3) is 0 Å². The van der Waals surface area contributed by atoms with Crippen molar-refractivity contribution in [3.05, 3.63) is 23.8 Å². The highest BCUT2D eigenvalue weighted by molar-refractivity contribution is 5.75. The Balaban J connectivity index is 2.53. The molecule has 5 nitrogen and oxygen atoms in total.